The fourth-order valence-electron chi connectivity index (χ4n) is 2.82. The topological polar surface area (TPSA) is 61.3 Å². The molecule has 2 aromatic heterocycles. The van der Waals surface area contributed by atoms with Gasteiger partial charge in [-0.3, -0.25) is 0 Å². The van der Waals surface area contributed by atoms with Crippen molar-refractivity contribution in [3.63, 3.8) is 0 Å². The number of rotatable bonds is 4. The molecule has 0 radical (unpaired) electrons. The van der Waals surface area contributed by atoms with E-state index in [-0.39, 0.29) is 6.61 Å². The van der Waals surface area contributed by atoms with E-state index in [1.807, 2.05) is 7.05 Å². The van der Waals surface area contributed by atoms with Crippen molar-refractivity contribution in [2.24, 2.45) is 5.92 Å². The van der Waals surface area contributed by atoms with Crippen molar-refractivity contribution >= 4 is 33.3 Å². The lowest BCUT2D eigenvalue weighted by molar-refractivity contribution is 0.263. The summed E-state index contributed by atoms with van der Waals surface area (Å²) in [7, 11) is 1.85. The molecule has 2 N–H and O–H groups in total. The molecule has 0 aliphatic carbocycles. The van der Waals surface area contributed by atoms with Crippen LogP contribution in [0.5, 0.6) is 0 Å². The summed E-state index contributed by atoms with van der Waals surface area (Å²) in [4.78, 5) is 13.8. The van der Waals surface area contributed by atoms with E-state index in [2.05, 4.69) is 33.2 Å². The number of nitrogens with zero attached hydrogens (tertiary/aromatic N) is 3. The zero-order valence-electron chi connectivity index (χ0n) is 11.9. The van der Waals surface area contributed by atoms with Crippen LogP contribution in [0.25, 0.3) is 10.2 Å². The first-order valence-electron chi connectivity index (χ1n) is 7.03. The number of anilines is 2. The number of aryl methyl sites for hydroxylation is 1. The predicted molar refractivity (Wildman–Crippen MR) is 83.7 cm³/mol. The van der Waals surface area contributed by atoms with Crippen LogP contribution in [0.15, 0.2) is 6.07 Å². The minimum Gasteiger partial charge on any atom is -0.396 e. The van der Waals surface area contributed by atoms with Gasteiger partial charge in [0.15, 0.2) is 0 Å². The van der Waals surface area contributed by atoms with Crippen molar-refractivity contribution in [2.75, 3.05) is 37.0 Å². The van der Waals surface area contributed by atoms with Crippen LogP contribution in [0.4, 0.5) is 11.8 Å². The van der Waals surface area contributed by atoms with E-state index < -0.39 is 0 Å². The summed E-state index contributed by atoms with van der Waals surface area (Å²) in [6, 6.07) is 2.17. The normalized spacial score (nSPS) is 18.9. The summed E-state index contributed by atoms with van der Waals surface area (Å²) in [6.45, 7) is 4.37. The quantitative estimate of drug-likeness (QED) is 0.905. The van der Waals surface area contributed by atoms with Crippen LogP contribution < -0.4 is 10.2 Å². The first-order valence-corrected chi connectivity index (χ1v) is 7.84. The highest BCUT2D eigenvalue weighted by molar-refractivity contribution is 7.18. The van der Waals surface area contributed by atoms with Gasteiger partial charge in [0, 0.05) is 31.6 Å². The number of aromatic nitrogens is 2. The lowest BCUT2D eigenvalue weighted by atomic mass is 10.1. The molecular formula is C14H20N4OS. The zero-order chi connectivity index (χ0) is 14.1. The maximum atomic E-state index is 9.09. The maximum absolute atomic E-state index is 9.09. The van der Waals surface area contributed by atoms with Crippen LogP contribution in [-0.2, 0) is 0 Å². The van der Waals surface area contributed by atoms with Crippen molar-refractivity contribution in [1.82, 2.24) is 9.97 Å². The van der Waals surface area contributed by atoms with Crippen molar-refractivity contribution in [2.45, 2.75) is 19.8 Å². The van der Waals surface area contributed by atoms with E-state index in [0.717, 1.165) is 42.0 Å². The van der Waals surface area contributed by atoms with Crippen LogP contribution in [0.2, 0.25) is 0 Å². The summed E-state index contributed by atoms with van der Waals surface area (Å²) in [5, 5.41) is 13.3. The highest BCUT2D eigenvalue weighted by Crippen LogP contribution is 2.34. The van der Waals surface area contributed by atoms with Crippen LogP contribution in [0.3, 0.4) is 0 Å². The maximum Gasteiger partial charge on any atom is 0.225 e. The molecule has 3 heterocycles. The van der Waals surface area contributed by atoms with Crippen LogP contribution in [-0.4, -0.2) is 41.8 Å². The molecule has 5 nitrogen and oxygen atoms in total. The highest BCUT2D eigenvalue weighted by atomic mass is 32.1. The zero-order valence-corrected chi connectivity index (χ0v) is 12.7. The van der Waals surface area contributed by atoms with Crippen LogP contribution >= 0.6 is 11.3 Å². The Morgan fingerprint density at radius 3 is 3.10 bits per heavy atom. The lowest BCUT2D eigenvalue weighted by Gasteiger charge is -2.19. The van der Waals surface area contributed by atoms with Gasteiger partial charge in [-0.2, -0.15) is 4.98 Å². The van der Waals surface area contributed by atoms with Gasteiger partial charge in [-0.25, -0.2) is 4.98 Å². The van der Waals surface area contributed by atoms with Gasteiger partial charge in [0.2, 0.25) is 5.95 Å². The van der Waals surface area contributed by atoms with E-state index in [0.29, 0.717) is 11.9 Å². The van der Waals surface area contributed by atoms with Gasteiger partial charge in [0.05, 0.1) is 5.39 Å². The molecule has 1 unspecified atom stereocenters. The second-order valence-electron chi connectivity index (χ2n) is 5.31. The average molecular weight is 292 g/mol. The first kappa shape index (κ1) is 13.6. The SMILES string of the molecule is CNc1nc(N2CCC(CCO)C2)c2cc(C)sc2n1. The molecule has 1 aliphatic heterocycles. The Hall–Kier alpha value is -1.40. The minimum absolute atomic E-state index is 0.275. The smallest absolute Gasteiger partial charge is 0.225 e. The molecule has 0 spiro atoms. The molecule has 0 bridgehead atoms. The Balaban J connectivity index is 1.97. The Morgan fingerprint density at radius 2 is 2.35 bits per heavy atom. The summed E-state index contributed by atoms with van der Waals surface area (Å²) in [5.74, 6) is 2.28. The van der Waals surface area contributed by atoms with Gasteiger partial charge >= 0.3 is 0 Å². The number of aliphatic hydroxyl groups is 1. The molecule has 6 heteroatoms. The van der Waals surface area contributed by atoms with E-state index in [4.69, 9.17) is 5.11 Å². The minimum atomic E-state index is 0.275. The second-order valence-corrected chi connectivity index (χ2v) is 6.54. The van der Waals surface area contributed by atoms with Crippen molar-refractivity contribution in [1.29, 1.82) is 0 Å². The molecule has 108 valence electrons. The second kappa shape index (κ2) is 5.54. The molecule has 1 atom stereocenters. The molecule has 1 fully saturated rings. The van der Waals surface area contributed by atoms with Crippen LogP contribution in [0, 0.1) is 12.8 Å². The van der Waals surface area contributed by atoms with E-state index in [1.54, 1.807) is 11.3 Å². The number of aliphatic hydroxyl groups excluding tert-OH is 1. The third-order valence-corrected chi connectivity index (χ3v) is 4.79. The van der Waals surface area contributed by atoms with E-state index in [9.17, 15) is 0 Å². The third-order valence-electron chi connectivity index (χ3n) is 3.84. The molecule has 1 aliphatic rings. The Bertz CT molecular complexity index is 612. The molecular weight excluding hydrogens is 272 g/mol. The standard InChI is InChI=1S/C14H20N4OS/c1-9-7-11-12(16-14(15-2)17-13(11)20-9)18-5-3-10(8-18)4-6-19/h7,10,19H,3-6,8H2,1-2H3,(H,15,16,17). The molecule has 0 amide bonds. The summed E-state index contributed by atoms with van der Waals surface area (Å²) in [6.07, 6.45) is 2.01. The van der Waals surface area contributed by atoms with Gasteiger partial charge in [0.1, 0.15) is 10.6 Å². The Labute approximate surface area is 122 Å². The monoisotopic (exact) mass is 292 g/mol. The lowest BCUT2D eigenvalue weighted by Crippen LogP contribution is -2.21. The predicted octanol–water partition coefficient (Wildman–Crippen LogP) is 2.25. The van der Waals surface area contributed by atoms with Gasteiger partial charge in [-0.15, -0.1) is 11.3 Å². The Kier molecular flexibility index (Phi) is 3.76. The summed E-state index contributed by atoms with van der Waals surface area (Å²) < 4.78 is 0. The van der Waals surface area contributed by atoms with E-state index >= 15 is 0 Å². The van der Waals surface area contributed by atoms with Gasteiger partial charge < -0.3 is 15.3 Å². The molecule has 3 rings (SSSR count). The van der Waals surface area contributed by atoms with Gasteiger partial charge in [-0.05, 0) is 31.7 Å². The van der Waals surface area contributed by atoms with Crippen LogP contribution in [0.1, 0.15) is 17.7 Å². The number of hydrogen-bond acceptors (Lipinski definition) is 6. The molecule has 1 saturated heterocycles. The largest absolute Gasteiger partial charge is 0.396 e. The van der Waals surface area contributed by atoms with Crippen molar-refractivity contribution < 1.29 is 5.11 Å². The fraction of sp³-hybridized carbons (Fsp3) is 0.571. The van der Waals surface area contributed by atoms with Gasteiger partial charge in [0.25, 0.3) is 0 Å². The van der Waals surface area contributed by atoms with Crippen molar-refractivity contribution in [3.8, 4) is 0 Å². The van der Waals surface area contributed by atoms with Crippen molar-refractivity contribution in [3.05, 3.63) is 10.9 Å². The number of thiophene rings is 1. The molecule has 0 aromatic carbocycles. The molecule has 0 saturated carbocycles. The molecule has 2 aromatic rings. The number of nitrogens with one attached hydrogen (secondary N) is 1. The van der Waals surface area contributed by atoms with Gasteiger partial charge in [-0.1, -0.05) is 0 Å². The molecule has 20 heavy (non-hydrogen) atoms. The van der Waals surface area contributed by atoms with E-state index in [1.165, 1.54) is 4.88 Å². The summed E-state index contributed by atoms with van der Waals surface area (Å²) in [5.41, 5.74) is 0. The first-order chi connectivity index (χ1) is 9.71. The number of hydrogen-bond donors (Lipinski definition) is 2. The number of fused-ring (bicyclic) bond motifs is 1. The average Bonchev–Trinajstić information content (AvgIpc) is 3.03. The summed E-state index contributed by atoms with van der Waals surface area (Å²) >= 11 is 1.71. The fourth-order valence-corrected chi connectivity index (χ4v) is 3.70. The highest BCUT2D eigenvalue weighted by Gasteiger charge is 2.25. The third kappa shape index (κ3) is 2.45. The Morgan fingerprint density at radius 1 is 1.50 bits per heavy atom.